The summed E-state index contributed by atoms with van der Waals surface area (Å²) >= 11 is 0. The summed E-state index contributed by atoms with van der Waals surface area (Å²) in [5, 5.41) is 0. The first kappa shape index (κ1) is 11.3. The average Bonchev–Trinajstić information content (AvgIpc) is 2.32. The molecule has 0 unspecified atom stereocenters. The first-order valence-electron chi connectivity index (χ1n) is 5.04. The Kier molecular flexibility index (Phi) is 2.91. The lowest BCUT2D eigenvalue weighted by Crippen LogP contribution is -2.00. The average molecular weight is 233 g/mol. The van der Waals surface area contributed by atoms with E-state index in [2.05, 4.69) is 9.97 Å². The third-order valence-electron chi connectivity index (χ3n) is 2.47. The van der Waals surface area contributed by atoms with Crippen molar-refractivity contribution in [3.63, 3.8) is 0 Å². The molecule has 2 rings (SSSR count). The molecule has 4 nitrogen and oxygen atoms in total. The Morgan fingerprint density at radius 1 is 1.29 bits per heavy atom. The van der Waals surface area contributed by atoms with Gasteiger partial charge in [0.2, 0.25) is 0 Å². The van der Waals surface area contributed by atoms with E-state index in [9.17, 15) is 4.39 Å². The Hall–Kier alpha value is -2.17. The molecular formula is C12H12FN3O. The largest absolute Gasteiger partial charge is 0.491 e. The summed E-state index contributed by atoms with van der Waals surface area (Å²) in [6, 6.07) is 4.72. The van der Waals surface area contributed by atoms with E-state index in [-0.39, 0.29) is 11.6 Å². The van der Waals surface area contributed by atoms with Crippen LogP contribution in [0, 0.1) is 12.7 Å². The van der Waals surface area contributed by atoms with Crippen molar-refractivity contribution in [1.82, 2.24) is 9.97 Å². The van der Waals surface area contributed by atoms with Crippen molar-refractivity contribution >= 4 is 5.82 Å². The molecule has 17 heavy (non-hydrogen) atoms. The van der Waals surface area contributed by atoms with Crippen molar-refractivity contribution in [3.8, 4) is 17.0 Å². The molecule has 0 aliphatic rings. The molecule has 0 radical (unpaired) electrons. The molecule has 1 aromatic heterocycles. The van der Waals surface area contributed by atoms with Crippen LogP contribution >= 0.6 is 0 Å². The number of methoxy groups -OCH3 is 1. The third-order valence-corrected chi connectivity index (χ3v) is 2.47. The number of rotatable bonds is 2. The summed E-state index contributed by atoms with van der Waals surface area (Å²) in [4.78, 5) is 7.96. The highest BCUT2D eigenvalue weighted by atomic mass is 19.1. The Morgan fingerprint density at radius 3 is 2.71 bits per heavy atom. The summed E-state index contributed by atoms with van der Waals surface area (Å²) < 4.78 is 18.3. The minimum absolute atomic E-state index is 0.255. The Balaban J connectivity index is 2.60. The summed E-state index contributed by atoms with van der Waals surface area (Å²) in [7, 11) is 1.49. The number of aromatic nitrogens is 2. The van der Waals surface area contributed by atoms with Crippen LogP contribution in [0.4, 0.5) is 10.2 Å². The normalized spacial score (nSPS) is 10.3. The highest BCUT2D eigenvalue weighted by molar-refractivity contribution is 5.71. The van der Waals surface area contributed by atoms with Gasteiger partial charge >= 0.3 is 0 Å². The second-order valence-corrected chi connectivity index (χ2v) is 3.60. The van der Waals surface area contributed by atoms with Gasteiger partial charge in [-0.1, -0.05) is 0 Å². The predicted octanol–water partition coefficient (Wildman–Crippen LogP) is 2.18. The van der Waals surface area contributed by atoms with Crippen LogP contribution in [0.1, 0.15) is 5.56 Å². The van der Waals surface area contributed by atoms with Crippen molar-refractivity contribution in [2.45, 2.75) is 6.92 Å². The molecule has 0 spiro atoms. The zero-order chi connectivity index (χ0) is 12.4. The van der Waals surface area contributed by atoms with Crippen molar-refractivity contribution in [3.05, 3.63) is 35.9 Å². The third kappa shape index (κ3) is 2.04. The molecule has 1 heterocycles. The standard InChI is InChI=1S/C12H12FN3O/c1-7-5-8(3-4-9(7)13)10-11(17-2)12(14)16-6-15-10/h3-6H,1-2H3,(H2,14,15,16). The number of anilines is 1. The van der Waals surface area contributed by atoms with Crippen molar-refractivity contribution in [1.29, 1.82) is 0 Å². The molecule has 0 amide bonds. The van der Waals surface area contributed by atoms with Crippen LogP contribution in [0.3, 0.4) is 0 Å². The number of hydrogen-bond donors (Lipinski definition) is 1. The lowest BCUT2D eigenvalue weighted by Gasteiger charge is -2.09. The number of benzene rings is 1. The van der Waals surface area contributed by atoms with Gasteiger partial charge in [0, 0.05) is 5.56 Å². The quantitative estimate of drug-likeness (QED) is 0.863. The number of halogens is 1. The van der Waals surface area contributed by atoms with Gasteiger partial charge in [-0.2, -0.15) is 0 Å². The van der Waals surface area contributed by atoms with Gasteiger partial charge in [-0.3, -0.25) is 0 Å². The fourth-order valence-electron chi connectivity index (χ4n) is 1.59. The topological polar surface area (TPSA) is 61.0 Å². The van der Waals surface area contributed by atoms with Crippen LogP contribution in [-0.4, -0.2) is 17.1 Å². The van der Waals surface area contributed by atoms with E-state index in [0.717, 1.165) is 5.56 Å². The maximum atomic E-state index is 13.2. The van der Waals surface area contributed by atoms with Crippen LogP contribution in [0.5, 0.6) is 5.75 Å². The first-order valence-corrected chi connectivity index (χ1v) is 5.04. The van der Waals surface area contributed by atoms with Crippen molar-refractivity contribution in [2.24, 2.45) is 0 Å². The monoisotopic (exact) mass is 233 g/mol. The van der Waals surface area contributed by atoms with E-state index < -0.39 is 0 Å². The molecule has 0 saturated carbocycles. The van der Waals surface area contributed by atoms with E-state index >= 15 is 0 Å². The van der Waals surface area contributed by atoms with Crippen LogP contribution in [0.2, 0.25) is 0 Å². The molecule has 0 bridgehead atoms. The van der Waals surface area contributed by atoms with Crippen molar-refractivity contribution in [2.75, 3.05) is 12.8 Å². The second-order valence-electron chi connectivity index (χ2n) is 3.60. The molecule has 5 heteroatoms. The number of nitrogen functional groups attached to an aromatic ring is 1. The van der Waals surface area contributed by atoms with Crippen molar-refractivity contribution < 1.29 is 9.13 Å². The second kappa shape index (κ2) is 4.37. The number of nitrogens with two attached hydrogens (primary N) is 1. The molecular weight excluding hydrogens is 221 g/mol. The van der Waals surface area contributed by atoms with Crippen LogP contribution in [0.15, 0.2) is 24.5 Å². The van der Waals surface area contributed by atoms with Crippen LogP contribution in [0.25, 0.3) is 11.3 Å². The minimum Gasteiger partial charge on any atom is -0.491 e. The zero-order valence-corrected chi connectivity index (χ0v) is 9.57. The van der Waals surface area contributed by atoms with E-state index in [0.29, 0.717) is 17.0 Å². The molecule has 0 aliphatic carbocycles. The SMILES string of the molecule is COc1c(N)ncnc1-c1ccc(F)c(C)c1. The number of nitrogens with zero attached hydrogens (tertiary/aromatic N) is 2. The molecule has 0 fully saturated rings. The predicted molar refractivity (Wildman–Crippen MR) is 63.1 cm³/mol. The minimum atomic E-state index is -0.255. The van der Waals surface area contributed by atoms with Gasteiger partial charge in [-0.25, -0.2) is 14.4 Å². The number of aryl methyl sites for hydroxylation is 1. The lowest BCUT2D eigenvalue weighted by molar-refractivity contribution is 0.415. The fourth-order valence-corrected chi connectivity index (χ4v) is 1.59. The Labute approximate surface area is 98.3 Å². The van der Waals surface area contributed by atoms with E-state index in [4.69, 9.17) is 10.5 Å². The molecule has 1 aromatic carbocycles. The molecule has 2 N–H and O–H groups in total. The summed E-state index contributed by atoms with van der Waals surface area (Å²) in [6.45, 7) is 1.69. The van der Waals surface area contributed by atoms with Gasteiger partial charge in [-0.15, -0.1) is 0 Å². The van der Waals surface area contributed by atoms with Crippen LogP contribution < -0.4 is 10.5 Å². The molecule has 88 valence electrons. The van der Waals surface area contributed by atoms with Gasteiger partial charge in [0.15, 0.2) is 11.6 Å². The van der Waals surface area contributed by atoms with Gasteiger partial charge in [0.1, 0.15) is 17.8 Å². The highest BCUT2D eigenvalue weighted by Gasteiger charge is 2.12. The molecule has 0 saturated heterocycles. The lowest BCUT2D eigenvalue weighted by atomic mass is 10.1. The molecule has 2 aromatic rings. The maximum Gasteiger partial charge on any atom is 0.187 e. The number of hydrogen-bond acceptors (Lipinski definition) is 4. The zero-order valence-electron chi connectivity index (χ0n) is 9.57. The summed E-state index contributed by atoms with van der Waals surface area (Å²) in [5.74, 6) is 0.410. The Bertz CT molecular complexity index is 557. The summed E-state index contributed by atoms with van der Waals surface area (Å²) in [6.07, 6.45) is 1.35. The summed E-state index contributed by atoms with van der Waals surface area (Å²) in [5.41, 5.74) is 7.53. The van der Waals surface area contributed by atoms with Gasteiger partial charge < -0.3 is 10.5 Å². The molecule has 0 atom stereocenters. The smallest absolute Gasteiger partial charge is 0.187 e. The number of ether oxygens (including phenoxy) is 1. The highest BCUT2D eigenvalue weighted by Crippen LogP contribution is 2.31. The van der Waals surface area contributed by atoms with Crippen LogP contribution in [-0.2, 0) is 0 Å². The van der Waals surface area contributed by atoms with Gasteiger partial charge in [-0.05, 0) is 30.7 Å². The van der Waals surface area contributed by atoms with E-state index in [1.54, 1.807) is 19.1 Å². The Morgan fingerprint density at radius 2 is 2.06 bits per heavy atom. The van der Waals surface area contributed by atoms with E-state index in [1.807, 2.05) is 0 Å². The van der Waals surface area contributed by atoms with Gasteiger partial charge in [0.25, 0.3) is 0 Å². The first-order chi connectivity index (χ1) is 8.13. The van der Waals surface area contributed by atoms with E-state index in [1.165, 1.54) is 19.5 Å². The molecule has 0 aliphatic heterocycles. The van der Waals surface area contributed by atoms with Gasteiger partial charge in [0.05, 0.1) is 7.11 Å². The maximum absolute atomic E-state index is 13.2. The fraction of sp³-hybridized carbons (Fsp3) is 0.167.